The van der Waals surface area contributed by atoms with Crippen molar-refractivity contribution in [3.05, 3.63) is 29.8 Å². The fourth-order valence-corrected chi connectivity index (χ4v) is 2.25. The van der Waals surface area contributed by atoms with Gasteiger partial charge in [-0.15, -0.1) is 12.3 Å². The van der Waals surface area contributed by atoms with Gasteiger partial charge < -0.3 is 10.6 Å². The summed E-state index contributed by atoms with van der Waals surface area (Å²) in [5.41, 5.74) is 2.40. The van der Waals surface area contributed by atoms with Crippen molar-refractivity contribution in [3.8, 4) is 12.3 Å². The van der Waals surface area contributed by atoms with E-state index in [2.05, 4.69) is 28.7 Å². The fraction of sp³-hybridized carbons (Fsp3) is 0.400. The molecule has 3 heteroatoms. The van der Waals surface area contributed by atoms with Gasteiger partial charge in [0.05, 0.1) is 0 Å². The third kappa shape index (κ3) is 3.04. The molecule has 94 valence electrons. The summed E-state index contributed by atoms with van der Waals surface area (Å²) >= 11 is 0. The van der Waals surface area contributed by atoms with E-state index in [4.69, 9.17) is 6.42 Å². The summed E-state index contributed by atoms with van der Waals surface area (Å²) < 4.78 is 0. The van der Waals surface area contributed by atoms with Gasteiger partial charge in [-0.1, -0.05) is 18.2 Å². The van der Waals surface area contributed by atoms with Crippen molar-refractivity contribution in [2.45, 2.75) is 25.2 Å². The van der Waals surface area contributed by atoms with Gasteiger partial charge in [0.25, 0.3) is 0 Å². The van der Waals surface area contributed by atoms with Crippen LogP contribution in [0.5, 0.6) is 0 Å². The number of amides is 1. The maximum Gasteiger partial charge on any atom is 0.220 e. The predicted molar refractivity (Wildman–Crippen MR) is 73.4 cm³/mol. The molecule has 2 rings (SSSR count). The Kier molecular flexibility index (Phi) is 4.25. The molecule has 2 N–H and O–H groups in total. The monoisotopic (exact) mass is 242 g/mol. The highest BCUT2D eigenvalue weighted by molar-refractivity contribution is 5.78. The number of anilines is 1. The van der Waals surface area contributed by atoms with E-state index in [0.29, 0.717) is 19.4 Å². The number of fused-ring (bicyclic) bond motifs is 1. The molecule has 0 saturated heterocycles. The maximum atomic E-state index is 11.8. The summed E-state index contributed by atoms with van der Waals surface area (Å²) in [6.45, 7) is 1.52. The van der Waals surface area contributed by atoms with Gasteiger partial charge in [-0.25, -0.2) is 0 Å². The Morgan fingerprint density at radius 1 is 1.50 bits per heavy atom. The van der Waals surface area contributed by atoms with Crippen molar-refractivity contribution in [1.82, 2.24) is 5.32 Å². The Balaban J connectivity index is 1.81. The van der Waals surface area contributed by atoms with Gasteiger partial charge in [-0.2, -0.15) is 0 Å². The minimum absolute atomic E-state index is 0.107. The molecule has 1 unspecified atom stereocenters. The minimum Gasteiger partial charge on any atom is -0.384 e. The zero-order valence-electron chi connectivity index (χ0n) is 10.4. The second-order valence-corrected chi connectivity index (χ2v) is 4.53. The third-order valence-electron chi connectivity index (χ3n) is 3.19. The van der Waals surface area contributed by atoms with Gasteiger partial charge in [0.15, 0.2) is 0 Å². The number of hydrogen-bond acceptors (Lipinski definition) is 2. The van der Waals surface area contributed by atoms with Crippen LogP contribution < -0.4 is 10.6 Å². The molecule has 1 aliphatic heterocycles. The summed E-state index contributed by atoms with van der Waals surface area (Å²) in [5.74, 6) is 2.96. The lowest BCUT2D eigenvalue weighted by Gasteiger charge is -2.10. The molecule has 0 bridgehead atoms. The molecule has 0 spiro atoms. The lowest BCUT2D eigenvalue weighted by atomic mass is 9.97. The van der Waals surface area contributed by atoms with Crippen LogP contribution in [0.3, 0.4) is 0 Å². The van der Waals surface area contributed by atoms with Crippen molar-refractivity contribution < 1.29 is 4.79 Å². The fourth-order valence-electron chi connectivity index (χ4n) is 2.25. The highest BCUT2D eigenvalue weighted by Crippen LogP contribution is 2.32. The molecule has 1 aromatic rings. The third-order valence-corrected chi connectivity index (χ3v) is 3.19. The summed E-state index contributed by atoms with van der Waals surface area (Å²) in [5, 5.41) is 6.24. The minimum atomic E-state index is 0.107. The Morgan fingerprint density at radius 2 is 2.33 bits per heavy atom. The average molecular weight is 242 g/mol. The van der Waals surface area contributed by atoms with Crippen molar-refractivity contribution in [2.24, 2.45) is 0 Å². The van der Waals surface area contributed by atoms with Crippen LogP contribution in [0.15, 0.2) is 24.3 Å². The number of rotatable bonds is 5. The molecule has 1 heterocycles. The molecule has 1 aliphatic rings. The van der Waals surface area contributed by atoms with Crippen molar-refractivity contribution in [2.75, 3.05) is 18.4 Å². The quantitative estimate of drug-likeness (QED) is 0.613. The van der Waals surface area contributed by atoms with Crippen LogP contribution in [0, 0.1) is 12.3 Å². The number of hydrogen-bond donors (Lipinski definition) is 2. The zero-order valence-corrected chi connectivity index (χ0v) is 10.4. The van der Waals surface area contributed by atoms with Crippen LogP contribution in [-0.4, -0.2) is 19.0 Å². The van der Waals surface area contributed by atoms with E-state index in [1.54, 1.807) is 0 Å². The topological polar surface area (TPSA) is 41.1 Å². The van der Waals surface area contributed by atoms with Gasteiger partial charge in [-0.05, 0) is 18.1 Å². The summed E-state index contributed by atoms with van der Waals surface area (Å²) in [6, 6.07) is 8.17. The Labute approximate surface area is 108 Å². The summed E-state index contributed by atoms with van der Waals surface area (Å²) in [4.78, 5) is 11.8. The molecule has 3 nitrogen and oxygen atoms in total. The highest BCUT2D eigenvalue weighted by atomic mass is 16.1. The van der Waals surface area contributed by atoms with Crippen molar-refractivity contribution >= 4 is 11.6 Å². The van der Waals surface area contributed by atoms with Crippen molar-refractivity contribution in [1.29, 1.82) is 0 Å². The Morgan fingerprint density at radius 3 is 3.17 bits per heavy atom. The normalized spacial score (nSPS) is 16.5. The molecule has 0 aliphatic carbocycles. The SMILES string of the molecule is C#CCCCNC(=O)CC1CNc2ccccc21. The van der Waals surface area contributed by atoms with Crippen LogP contribution in [-0.2, 0) is 4.79 Å². The molecule has 0 aromatic heterocycles. The van der Waals surface area contributed by atoms with Gasteiger partial charge >= 0.3 is 0 Å². The smallest absolute Gasteiger partial charge is 0.220 e. The molecule has 1 amide bonds. The predicted octanol–water partition coefficient (Wildman–Crippen LogP) is 2.12. The highest BCUT2D eigenvalue weighted by Gasteiger charge is 2.23. The Hall–Kier alpha value is -1.95. The molecule has 0 fully saturated rings. The van der Waals surface area contributed by atoms with E-state index < -0.39 is 0 Å². The van der Waals surface area contributed by atoms with Gasteiger partial charge in [-0.3, -0.25) is 4.79 Å². The van der Waals surface area contributed by atoms with Gasteiger partial charge in [0, 0.05) is 37.5 Å². The molecular weight excluding hydrogens is 224 g/mol. The molecular formula is C15H18N2O. The molecule has 1 atom stereocenters. The number of benzene rings is 1. The number of nitrogens with one attached hydrogen (secondary N) is 2. The van der Waals surface area contributed by atoms with E-state index >= 15 is 0 Å². The summed E-state index contributed by atoms with van der Waals surface area (Å²) in [7, 11) is 0. The summed E-state index contributed by atoms with van der Waals surface area (Å²) in [6.07, 6.45) is 7.27. The Bertz CT molecular complexity index is 462. The first-order valence-electron chi connectivity index (χ1n) is 6.34. The first-order valence-corrected chi connectivity index (χ1v) is 6.34. The lowest BCUT2D eigenvalue weighted by molar-refractivity contribution is -0.121. The number of unbranched alkanes of at least 4 members (excludes halogenated alkanes) is 1. The maximum absolute atomic E-state index is 11.8. The number of carbonyl (C=O) groups is 1. The first kappa shape index (κ1) is 12.5. The molecule has 1 aromatic carbocycles. The van der Waals surface area contributed by atoms with E-state index in [1.807, 2.05) is 12.1 Å². The van der Waals surface area contributed by atoms with E-state index in [0.717, 1.165) is 18.7 Å². The largest absolute Gasteiger partial charge is 0.384 e. The molecule has 0 saturated carbocycles. The van der Waals surface area contributed by atoms with Crippen LogP contribution >= 0.6 is 0 Å². The molecule has 0 radical (unpaired) electrons. The molecule has 18 heavy (non-hydrogen) atoms. The van der Waals surface area contributed by atoms with Gasteiger partial charge in [0.2, 0.25) is 5.91 Å². The van der Waals surface area contributed by atoms with Crippen LogP contribution in [0.25, 0.3) is 0 Å². The number of para-hydroxylation sites is 1. The second kappa shape index (κ2) is 6.11. The zero-order chi connectivity index (χ0) is 12.8. The second-order valence-electron chi connectivity index (χ2n) is 4.53. The van der Waals surface area contributed by atoms with Crippen LogP contribution in [0.4, 0.5) is 5.69 Å². The van der Waals surface area contributed by atoms with Crippen LogP contribution in [0.2, 0.25) is 0 Å². The average Bonchev–Trinajstić information content (AvgIpc) is 2.78. The van der Waals surface area contributed by atoms with Crippen LogP contribution in [0.1, 0.15) is 30.7 Å². The number of carbonyl (C=O) groups excluding carboxylic acids is 1. The number of terminal acetylenes is 1. The van der Waals surface area contributed by atoms with Gasteiger partial charge in [0.1, 0.15) is 0 Å². The first-order chi connectivity index (χ1) is 8.81. The van der Waals surface area contributed by atoms with E-state index in [1.165, 1.54) is 5.56 Å². The van der Waals surface area contributed by atoms with E-state index in [-0.39, 0.29) is 11.8 Å². The standard InChI is InChI=1S/C15H18N2O/c1-2-3-6-9-16-15(18)10-12-11-17-14-8-5-4-7-13(12)14/h1,4-5,7-8,12,17H,3,6,9-11H2,(H,16,18). The van der Waals surface area contributed by atoms with E-state index in [9.17, 15) is 4.79 Å². The lowest BCUT2D eigenvalue weighted by Crippen LogP contribution is -2.26. The van der Waals surface area contributed by atoms with Crippen molar-refractivity contribution in [3.63, 3.8) is 0 Å².